The summed E-state index contributed by atoms with van der Waals surface area (Å²) in [6, 6.07) is 9.40. The Hall–Kier alpha value is -2.41. The fourth-order valence-corrected chi connectivity index (χ4v) is 3.43. The van der Waals surface area contributed by atoms with Crippen molar-refractivity contribution in [2.24, 2.45) is 5.92 Å². The zero-order chi connectivity index (χ0) is 16.3. The van der Waals surface area contributed by atoms with Crippen molar-refractivity contribution in [2.45, 2.75) is 17.7 Å². The molecule has 1 aromatic carbocycles. The van der Waals surface area contributed by atoms with Crippen LogP contribution in [0.5, 0.6) is 0 Å². The highest BCUT2D eigenvalue weighted by Crippen LogP contribution is 2.28. The molecule has 0 aliphatic heterocycles. The van der Waals surface area contributed by atoms with Gasteiger partial charge in [-0.2, -0.15) is 0 Å². The highest BCUT2D eigenvalue weighted by molar-refractivity contribution is 7.92. The predicted molar refractivity (Wildman–Crippen MR) is 86.5 cm³/mol. The second kappa shape index (κ2) is 6.37. The Morgan fingerprint density at radius 1 is 1.17 bits per heavy atom. The van der Waals surface area contributed by atoms with E-state index in [1.807, 2.05) is 0 Å². The van der Waals surface area contributed by atoms with E-state index in [4.69, 9.17) is 0 Å². The van der Waals surface area contributed by atoms with E-state index in [-0.39, 0.29) is 16.4 Å². The number of benzene rings is 1. The highest BCUT2D eigenvalue weighted by Gasteiger charge is 2.25. The average molecular weight is 331 g/mol. The normalized spacial score (nSPS) is 14.3. The molecule has 3 rings (SSSR count). The number of hydrogen-bond donors (Lipinski definition) is 2. The van der Waals surface area contributed by atoms with Crippen LogP contribution in [0.2, 0.25) is 0 Å². The lowest BCUT2D eigenvalue weighted by molar-refractivity contribution is 0.0948. The first-order chi connectivity index (χ1) is 11.1. The van der Waals surface area contributed by atoms with Gasteiger partial charge in [0.1, 0.15) is 4.90 Å². The molecule has 0 spiro atoms. The number of aromatic nitrogens is 1. The Morgan fingerprint density at radius 3 is 2.65 bits per heavy atom. The molecule has 1 aliphatic carbocycles. The molecule has 1 aromatic heterocycles. The molecule has 23 heavy (non-hydrogen) atoms. The number of carbonyl (C=O) groups excluding carboxylic acids is 1. The molecule has 2 aromatic rings. The van der Waals surface area contributed by atoms with E-state index in [0.29, 0.717) is 18.2 Å². The molecule has 1 heterocycles. The first kappa shape index (κ1) is 15.5. The fourth-order valence-electron chi connectivity index (χ4n) is 2.18. The molecule has 2 N–H and O–H groups in total. The van der Waals surface area contributed by atoms with E-state index in [9.17, 15) is 13.2 Å². The van der Waals surface area contributed by atoms with Crippen LogP contribution in [0.3, 0.4) is 0 Å². The van der Waals surface area contributed by atoms with Crippen LogP contribution in [-0.4, -0.2) is 25.9 Å². The molecule has 1 amide bonds. The van der Waals surface area contributed by atoms with Crippen molar-refractivity contribution in [3.63, 3.8) is 0 Å². The SMILES string of the molecule is O=C(NCC1CC1)c1ccccc1S(=O)(=O)Nc1cccnc1. The van der Waals surface area contributed by atoms with Crippen molar-refractivity contribution in [1.29, 1.82) is 0 Å². The molecule has 1 aliphatic rings. The topological polar surface area (TPSA) is 88.2 Å². The summed E-state index contributed by atoms with van der Waals surface area (Å²) in [5.74, 6) is 0.153. The number of pyridine rings is 1. The minimum Gasteiger partial charge on any atom is -0.352 e. The third-order valence-corrected chi connectivity index (χ3v) is 5.02. The first-order valence-electron chi connectivity index (χ1n) is 7.36. The molecular weight excluding hydrogens is 314 g/mol. The van der Waals surface area contributed by atoms with E-state index in [0.717, 1.165) is 12.8 Å². The van der Waals surface area contributed by atoms with Crippen LogP contribution in [0.15, 0.2) is 53.7 Å². The van der Waals surface area contributed by atoms with Gasteiger partial charge >= 0.3 is 0 Å². The summed E-state index contributed by atoms with van der Waals surface area (Å²) in [5.41, 5.74) is 0.491. The van der Waals surface area contributed by atoms with E-state index in [1.54, 1.807) is 30.5 Å². The Bertz CT molecular complexity index is 802. The van der Waals surface area contributed by atoms with Gasteiger partial charge in [-0.15, -0.1) is 0 Å². The van der Waals surface area contributed by atoms with Gasteiger partial charge in [0, 0.05) is 12.7 Å². The van der Waals surface area contributed by atoms with Crippen LogP contribution in [0.25, 0.3) is 0 Å². The molecule has 0 radical (unpaired) electrons. The van der Waals surface area contributed by atoms with Crippen molar-refractivity contribution in [3.8, 4) is 0 Å². The van der Waals surface area contributed by atoms with Gasteiger partial charge in [0.05, 0.1) is 17.4 Å². The molecule has 0 atom stereocenters. The molecule has 0 bridgehead atoms. The second-order valence-corrected chi connectivity index (χ2v) is 7.15. The molecule has 0 saturated heterocycles. The van der Waals surface area contributed by atoms with Crippen LogP contribution in [0.4, 0.5) is 5.69 Å². The number of carbonyl (C=O) groups is 1. The largest absolute Gasteiger partial charge is 0.352 e. The second-order valence-electron chi connectivity index (χ2n) is 5.50. The van der Waals surface area contributed by atoms with Gasteiger partial charge in [0.2, 0.25) is 0 Å². The van der Waals surface area contributed by atoms with E-state index < -0.39 is 10.0 Å². The molecule has 0 unspecified atom stereocenters. The highest BCUT2D eigenvalue weighted by atomic mass is 32.2. The molecule has 6 nitrogen and oxygen atoms in total. The van der Waals surface area contributed by atoms with Crippen molar-refractivity contribution in [2.75, 3.05) is 11.3 Å². The van der Waals surface area contributed by atoms with Gasteiger partial charge in [-0.1, -0.05) is 12.1 Å². The van der Waals surface area contributed by atoms with Gasteiger partial charge in [-0.05, 0) is 43.0 Å². The van der Waals surface area contributed by atoms with Crippen LogP contribution in [-0.2, 0) is 10.0 Å². The maximum atomic E-state index is 12.6. The number of nitrogens with one attached hydrogen (secondary N) is 2. The van der Waals surface area contributed by atoms with Crippen molar-refractivity contribution in [1.82, 2.24) is 10.3 Å². The molecular formula is C16H17N3O3S. The number of hydrogen-bond acceptors (Lipinski definition) is 4. The third-order valence-electron chi connectivity index (χ3n) is 3.58. The summed E-state index contributed by atoms with van der Waals surface area (Å²) < 4.78 is 27.6. The number of rotatable bonds is 6. The smallest absolute Gasteiger partial charge is 0.262 e. The summed E-state index contributed by atoms with van der Waals surface area (Å²) in [6.07, 6.45) is 5.19. The zero-order valence-corrected chi connectivity index (χ0v) is 13.2. The summed E-state index contributed by atoms with van der Waals surface area (Å²) >= 11 is 0. The van der Waals surface area contributed by atoms with Gasteiger partial charge in [0.15, 0.2) is 0 Å². The first-order valence-corrected chi connectivity index (χ1v) is 8.84. The molecule has 1 fully saturated rings. The number of nitrogens with zero attached hydrogens (tertiary/aromatic N) is 1. The Kier molecular flexibility index (Phi) is 4.29. The quantitative estimate of drug-likeness (QED) is 0.847. The monoisotopic (exact) mass is 331 g/mol. The van der Waals surface area contributed by atoms with E-state index in [1.165, 1.54) is 18.3 Å². The van der Waals surface area contributed by atoms with Crippen molar-refractivity contribution < 1.29 is 13.2 Å². The van der Waals surface area contributed by atoms with E-state index >= 15 is 0 Å². The van der Waals surface area contributed by atoms with Crippen LogP contribution >= 0.6 is 0 Å². The third kappa shape index (κ3) is 3.87. The lowest BCUT2D eigenvalue weighted by atomic mass is 10.2. The summed E-state index contributed by atoms with van der Waals surface area (Å²) in [6.45, 7) is 0.587. The minimum atomic E-state index is -3.86. The Labute approximate surface area is 135 Å². The maximum absolute atomic E-state index is 12.6. The zero-order valence-electron chi connectivity index (χ0n) is 12.4. The lowest BCUT2D eigenvalue weighted by Crippen LogP contribution is -2.28. The summed E-state index contributed by atoms with van der Waals surface area (Å²) in [5, 5.41) is 2.79. The lowest BCUT2D eigenvalue weighted by Gasteiger charge is -2.12. The van der Waals surface area contributed by atoms with Crippen molar-refractivity contribution in [3.05, 3.63) is 54.4 Å². The van der Waals surface area contributed by atoms with Gasteiger partial charge in [-0.25, -0.2) is 8.42 Å². The molecule has 1 saturated carbocycles. The maximum Gasteiger partial charge on any atom is 0.262 e. The van der Waals surface area contributed by atoms with Crippen LogP contribution in [0, 0.1) is 5.92 Å². The predicted octanol–water partition coefficient (Wildman–Crippen LogP) is 2.02. The Morgan fingerprint density at radius 2 is 1.96 bits per heavy atom. The molecule has 7 heteroatoms. The minimum absolute atomic E-state index is 0.0443. The fraction of sp³-hybridized carbons (Fsp3) is 0.250. The van der Waals surface area contributed by atoms with Gasteiger partial charge in [-0.3, -0.25) is 14.5 Å². The van der Waals surface area contributed by atoms with Crippen molar-refractivity contribution >= 4 is 21.6 Å². The van der Waals surface area contributed by atoms with Crippen LogP contribution < -0.4 is 10.0 Å². The average Bonchev–Trinajstić information content (AvgIpc) is 3.37. The summed E-state index contributed by atoms with van der Waals surface area (Å²) in [4.78, 5) is 16.1. The number of sulfonamides is 1. The Balaban J connectivity index is 1.84. The number of anilines is 1. The summed E-state index contributed by atoms with van der Waals surface area (Å²) in [7, 11) is -3.86. The van der Waals surface area contributed by atoms with Gasteiger partial charge in [0.25, 0.3) is 15.9 Å². The van der Waals surface area contributed by atoms with E-state index in [2.05, 4.69) is 15.0 Å². The standard InChI is InChI=1S/C16H17N3O3S/c20-16(18-10-12-7-8-12)14-5-1-2-6-15(14)23(21,22)19-13-4-3-9-17-11-13/h1-6,9,11-12,19H,7-8,10H2,(H,18,20). The number of amides is 1. The van der Waals surface area contributed by atoms with Gasteiger partial charge < -0.3 is 5.32 Å². The van der Waals surface area contributed by atoms with Crippen LogP contribution in [0.1, 0.15) is 23.2 Å². The molecule has 120 valence electrons.